The Kier molecular flexibility index (Phi) is 5.26. The van der Waals surface area contributed by atoms with Gasteiger partial charge in [0, 0.05) is 22.9 Å². The van der Waals surface area contributed by atoms with Crippen molar-refractivity contribution in [2.24, 2.45) is 0 Å². The molecule has 0 radical (unpaired) electrons. The third kappa shape index (κ3) is 4.19. The minimum Gasteiger partial charge on any atom is -0.350 e. The van der Waals surface area contributed by atoms with Crippen molar-refractivity contribution in [2.75, 3.05) is 0 Å². The van der Waals surface area contributed by atoms with Crippen molar-refractivity contribution < 1.29 is 4.79 Å². The maximum absolute atomic E-state index is 11.7. The molecule has 0 aliphatic heterocycles. The van der Waals surface area contributed by atoms with E-state index in [4.69, 9.17) is 0 Å². The summed E-state index contributed by atoms with van der Waals surface area (Å²) in [6.45, 7) is 5.93. The minimum atomic E-state index is 0.0471. The maximum atomic E-state index is 11.7. The molecule has 1 aromatic heterocycles. The normalized spacial score (nSPS) is 13.6. The zero-order valence-corrected chi connectivity index (χ0v) is 10.9. The van der Waals surface area contributed by atoms with Crippen LogP contribution in [0.5, 0.6) is 0 Å². The minimum absolute atomic E-state index is 0.0471. The van der Waals surface area contributed by atoms with Gasteiger partial charge in [0.15, 0.2) is 0 Å². The molecule has 0 bridgehead atoms. The third-order valence-electron chi connectivity index (χ3n) is 2.33. The molecule has 2 nitrogen and oxygen atoms in total. The molecule has 0 saturated carbocycles. The third-order valence-corrected chi connectivity index (χ3v) is 3.23. The Morgan fingerprint density at radius 1 is 1.62 bits per heavy atom. The predicted octanol–water partition coefficient (Wildman–Crippen LogP) is 3.15. The highest BCUT2D eigenvalue weighted by molar-refractivity contribution is 7.09. The molecule has 0 aliphatic rings. The van der Waals surface area contributed by atoms with Crippen LogP contribution in [0.15, 0.2) is 29.2 Å². The highest BCUT2D eigenvalue weighted by atomic mass is 32.1. The smallest absolute Gasteiger partial charge is 0.246 e. The van der Waals surface area contributed by atoms with Gasteiger partial charge in [-0.1, -0.05) is 19.1 Å². The summed E-state index contributed by atoms with van der Waals surface area (Å²) in [7, 11) is 0. The van der Waals surface area contributed by atoms with Crippen molar-refractivity contribution in [1.82, 2.24) is 5.32 Å². The first-order valence-electron chi connectivity index (χ1n) is 5.63. The van der Waals surface area contributed by atoms with E-state index >= 15 is 0 Å². The Bertz CT molecular complexity index is 354. The van der Waals surface area contributed by atoms with Gasteiger partial charge >= 0.3 is 0 Å². The van der Waals surface area contributed by atoms with Gasteiger partial charge in [-0.3, -0.25) is 4.79 Å². The average molecular weight is 237 g/mol. The molecule has 1 heterocycles. The molecule has 3 heteroatoms. The van der Waals surface area contributed by atoms with Crippen LogP contribution < -0.4 is 5.32 Å². The lowest BCUT2D eigenvalue weighted by atomic mass is 10.2. The molecule has 1 unspecified atom stereocenters. The molecule has 1 atom stereocenters. The second-order valence-electron chi connectivity index (χ2n) is 3.95. The summed E-state index contributed by atoms with van der Waals surface area (Å²) in [6, 6.07) is 4.32. The Balaban J connectivity index is 2.42. The molecule has 1 N–H and O–H groups in total. The molecule has 88 valence electrons. The first kappa shape index (κ1) is 13.0. The van der Waals surface area contributed by atoms with E-state index in [0.29, 0.717) is 0 Å². The molecular formula is C13H19NOS. The second-order valence-corrected chi connectivity index (χ2v) is 4.99. The summed E-state index contributed by atoms with van der Waals surface area (Å²) in [5.41, 5.74) is 0.806. The Morgan fingerprint density at radius 2 is 2.38 bits per heavy atom. The molecule has 0 aromatic carbocycles. The lowest BCUT2D eigenvalue weighted by Crippen LogP contribution is -2.34. The molecule has 1 amide bonds. The molecule has 0 fully saturated rings. The Hall–Kier alpha value is -1.09. The summed E-state index contributed by atoms with van der Waals surface area (Å²) in [5, 5.41) is 5.06. The van der Waals surface area contributed by atoms with Gasteiger partial charge in [-0.25, -0.2) is 0 Å². The second kappa shape index (κ2) is 6.48. The summed E-state index contributed by atoms with van der Waals surface area (Å²) < 4.78 is 0. The van der Waals surface area contributed by atoms with E-state index in [1.165, 1.54) is 4.88 Å². The largest absolute Gasteiger partial charge is 0.350 e. The van der Waals surface area contributed by atoms with Gasteiger partial charge in [0.2, 0.25) is 5.91 Å². The fourth-order valence-corrected chi connectivity index (χ4v) is 2.35. The number of hydrogen-bond donors (Lipinski definition) is 1. The van der Waals surface area contributed by atoms with Crippen molar-refractivity contribution in [1.29, 1.82) is 0 Å². The monoisotopic (exact) mass is 237 g/mol. The molecular weight excluding hydrogens is 218 g/mol. The number of carbonyl (C=O) groups is 1. The van der Waals surface area contributed by atoms with E-state index in [-0.39, 0.29) is 11.9 Å². The van der Waals surface area contributed by atoms with Gasteiger partial charge in [-0.05, 0) is 31.7 Å². The molecule has 1 aromatic rings. The van der Waals surface area contributed by atoms with Crippen LogP contribution in [0.2, 0.25) is 0 Å². The van der Waals surface area contributed by atoms with Crippen molar-refractivity contribution in [3.63, 3.8) is 0 Å². The number of rotatable bonds is 5. The molecule has 0 spiro atoms. The summed E-state index contributed by atoms with van der Waals surface area (Å²) in [5.74, 6) is 0.0471. The van der Waals surface area contributed by atoms with Crippen molar-refractivity contribution in [2.45, 2.75) is 39.7 Å². The van der Waals surface area contributed by atoms with E-state index in [1.54, 1.807) is 11.3 Å². The van der Waals surface area contributed by atoms with Crippen LogP contribution >= 0.6 is 11.3 Å². The Morgan fingerprint density at radius 3 is 2.94 bits per heavy atom. The van der Waals surface area contributed by atoms with Crippen LogP contribution in [-0.2, 0) is 11.2 Å². The SMILES string of the molecule is CC/C=C(\C)C(=O)NC(C)Cc1cccs1. The lowest BCUT2D eigenvalue weighted by Gasteiger charge is -2.13. The van der Waals surface area contributed by atoms with E-state index in [9.17, 15) is 4.79 Å². The zero-order chi connectivity index (χ0) is 12.0. The standard InChI is InChI=1S/C13H19NOS/c1-4-6-10(2)13(15)14-11(3)9-12-7-5-8-16-12/h5-8,11H,4,9H2,1-3H3,(H,14,15)/b10-6+. The zero-order valence-electron chi connectivity index (χ0n) is 10.1. The van der Waals surface area contributed by atoms with Crippen LogP contribution in [0.25, 0.3) is 0 Å². The number of carbonyl (C=O) groups excluding carboxylic acids is 1. The van der Waals surface area contributed by atoms with Gasteiger partial charge < -0.3 is 5.32 Å². The van der Waals surface area contributed by atoms with Crippen LogP contribution in [0, 0.1) is 0 Å². The fraction of sp³-hybridized carbons (Fsp3) is 0.462. The summed E-state index contributed by atoms with van der Waals surface area (Å²) >= 11 is 1.73. The van der Waals surface area contributed by atoms with Crippen molar-refractivity contribution in [3.8, 4) is 0 Å². The molecule has 0 aliphatic carbocycles. The molecule has 1 rings (SSSR count). The van der Waals surface area contributed by atoms with E-state index in [1.807, 2.05) is 32.9 Å². The first-order valence-corrected chi connectivity index (χ1v) is 6.51. The van der Waals surface area contributed by atoms with Gasteiger partial charge in [-0.15, -0.1) is 11.3 Å². The quantitative estimate of drug-likeness (QED) is 0.783. The first-order chi connectivity index (χ1) is 7.63. The number of allylic oxidation sites excluding steroid dienone is 1. The molecule has 0 saturated heterocycles. The van der Waals surface area contributed by atoms with Gasteiger partial charge in [0.25, 0.3) is 0 Å². The van der Waals surface area contributed by atoms with Crippen molar-refractivity contribution >= 4 is 17.2 Å². The predicted molar refractivity (Wildman–Crippen MR) is 69.7 cm³/mol. The summed E-state index contributed by atoms with van der Waals surface area (Å²) in [6.07, 6.45) is 3.76. The van der Waals surface area contributed by atoms with Crippen LogP contribution in [0.3, 0.4) is 0 Å². The van der Waals surface area contributed by atoms with Gasteiger partial charge in [0.05, 0.1) is 0 Å². The van der Waals surface area contributed by atoms with Gasteiger partial charge in [0.1, 0.15) is 0 Å². The highest BCUT2D eigenvalue weighted by Gasteiger charge is 2.09. The van der Waals surface area contributed by atoms with E-state index in [0.717, 1.165) is 18.4 Å². The van der Waals surface area contributed by atoms with E-state index < -0.39 is 0 Å². The number of amides is 1. The number of hydrogen-bond acceptors (Lipinski definition) is 2. The van der Waals surface area contributed by atoms with Crippen molar-refractivity contribution in [3.05, 3.63) is 34.0 Å². The van der Waals surface area contributed by atoms with Crippen LogP contribution in [-0.4, -0.2) is 11.9 Å². The highest BCUT2D eigenvalue weighted by Crippen LogP contribution is 2.11. The van der Waals surface area contributed by atoms with Gasteiger partial charge in [-0.2, -0.15) is 0 Å². The average Bonchev–Trinajstić information content (AvgIpc) is 2.70. The number of thiophene rings is 1. The number of nitrogens with one attached hydrogen (secondary N) is 1. The maximum Gasteiger partial charge on any atom is 0.246 e. The lowest BCUT2D eigenvalue weighted by molar-refractivity contribution is -0.118. The van der Waals surface area contributed by atoms with Crippen LogP contribution in [0.1, 0.15) is 32.1 Å². The summed E-state index contributed by atoms with van der Waals surface area (Å²) in [4.78, 5) is 13.0. The van der Waals surface area contributed by atoms with Crippen LogP contribution in [0.4, 0.5) is 0 Å². The Labute approximate surface area is 101 Å². The van der Waals surface area contributed by atoms with E-state index in [2.05, 4.69) is 16.8 Å². The fourth-order valence-electron chi connectivity index (χ4n) is 1.52. The topological polar surface area (TPSA) is 29.1 Å². The molecule has 16 heavy (non-hydrogen) atoms.